The van der Waals surface area contributed by atoms with E-state index in [0.717, 1.165) is 17.5 Å². The maximum absolute atomic E-state index is 13.3. The molecule has 0 aromatic heterocycles. The van der Waals surface area contributed by atoms with E-state index in [0.29, 0.717) is 29.9 Å². The van der Waals surface area contributed by atoms with Gasteiger partial charge in [0.2, 0.25) is 6.41 Å². The minimum atomic E-state index is -0.286. The summed E-state index contributed by atoms with van der Waals surface area (Å²) in [4.78, 5) is 24.3. The Labute approximate surface area is 184 Å². The number of benzene rings is 3. The van der Waals surface area contributed by atoms with Crippen LogP contribution in [-0.2, 0) is 4.79 Å². The summed E-state index contributed by atoms with van der Waals surface area (Å²) in [6, 6.07) is 24.7. The third-order valence-corrected chi connectivity index (χ3v) is 4.62. The first-order valence-electron chi connectivity index (χ1n) is 10.7. The van der Waals surface area contributed by atoms with Gasteiger partial charge in [-0.3, -0.25) is 9.59 Å². The van der Waals surface area contributed by atoms with Crippen LogP contribution in [-0.4, -0.2) is 18.9 Å². The number of hydrogen-bond donors (Lipinski definition) is 3. The average molecular weight is 418 g/mol. The Morgan fingerprint density at radius 2 is 1.45 bits per heavy atom. The fraction of sp³-hybridized carbons (Fsp3) is 0.231. The Morgan fingerprint density at radius 1 is 0.871 bits per heavy atom. The summed E-state index contributed by atoms with van der Waals surface area (Å²) in [5.74, 6) is -0.212. The fourth-order valence-electron chi connectivity index (χ4n) is 3.22. The van der Waals surface area contributed by atoms with Gasteiger partial charge in [-0.05, 0) is 29.7 Å². The predicted molar refractivity (Wildman–Crippen MR) is 128 cm³/mol. The lowest BCUT2D eigenvalue weighted by molar-refractivity contribution is -0.105. The van der Waals surface area contributed by atoms with Gasteiger partial charge >= 0.3 is 0 Å². The topological polar surface area (TPSA) is 70.2 Å². The lowest BCUT2D eigenvalue weighted by Gasteiger charge is -2.22. The Balaban J connectivity index is 0.00000166. The quantitative estimate of drug-likeness (QED) is 0.396. The SMILES string of the molecule is CC.CCCNc1c(NC=O)cccc1C(=O)NC(c1ccccc1)c1ccccc1. The van der Waals surface area contributed by atoms with E-state index in [9.17, 15) is 9.59 Å². The van der Waals surface area contributed by atoms with E-state index in [1.807, 2.05) is 81.4 Å². The van der Waals surface area contributed by atoms with Crippen LogP contribution in [0.5, 0.6) is 0 Å². The third kappa shape index (κ3) is 6.44. The molecule has 3 rings (SSSR count). The first kappa shape index (κ1) is 23.7. The van der Waals surface area contributed by atoms with E-state index in [-0.39, 0.29) is 11.9 Å². The minimum absolute atomic E-state index is 0.212. The van der Waals surface area contributed by atoms with Gasteiger partial charge in [0.1, 0.15) is 0 Å². The van der Waals surface area contributed by atoms with E-state index in [2.05, 4.69) is 16.0 Å². The van der Waals surface area contributed by atoms with Gasteiger partial charge in [0.05, 0.1) is 23.0 Å². The number of hydrogen-bond acceptors (Lipinski definition) is 3. The van der Waals surface area contributed by atoms with E-state index >= 15 is 0 Å². The fourth-order valence-corrected chi connectivity index (χ4v) is 3.22. The molecular weight excluding hydrogens is 386 g/mol. The van der Waals surface area contributed by atoms with Crippen molar-refractivity contribution in [2.75, 3.05) is 17.2 Å². The van der Waals surface area contributed by atoms with Crippen molar-refractivity contribution in [2.45, 2.75) is 33.2 Å². The molecule has 0 fully saturated rings. The lowest BCUT2D eigenvalue weighted by atomic mass is 9.98. The molecular formula is C26H31N3O2. The van der Waals surface area contributed by atoms with Crippen molar-refractivity contribution >= 4 is 23.7 Å². The van der Waals surface area contributed by atoms with Crippen molar-refractivity contribution in [3.8, 4) is 0 Å². The van der Waals surface area contributed by atoms with Crippen LogP contribution in [0.1, 0.15) is 54.7 Å². The van der Waals surface area contributed by atoms with Gasteiger partial charge in [0, 0.05) is 6.54 Å². The predicted octanol–water partition coefficient (Wildman–Crippen LogP) is 5.62. The molecule has 3 N–H and O–H groups in total. The zero-order valence-corrected chi connectivity index (χ0v) is 18.4. The third-order valence-electron chi connectivity index (χ3n) is 4.62. The zero-order chi connectivity index (χ0) is 22.5. The lowest BCUT2D eigenvalue weighted by Crippen LogP contribution is -2.30. The van der Waals surface area contributed by atoms with Crippen molar-refractivity contribution in [3.63, 3.8) is 0 Å². The van der Waals surface area contributed by atoms with Crippen molar-refractivity contribution in [3.05, 3.63) is 95.6 Å². The summed E-state index contributed by atoms with van der Waals surface area (Å²) >= 11 is 0. The van der Waals surface area contributed by atoms with Gasteiger partial charge in [0.25, 0.3) is 5.91 Å². The molecule has 0 heterocycles. The number of amides is 2. The Kier molecular flexibility index (Phi) is 9.82. The van der Waals surface area contributed by atoms with Crippen molar-refractivity contribution in [2.24, 2.45) is 0 Å². The van der Waals surface area contributed by atoms with E-state index in [1.54, 1.807) is 18.2 Å². The molecule has 0 aliphatic carbocycles. The van der Waals surface area contributed by atoms with Gasteiger partial charge in [-0.15, -0.1) is 0 Å². The molecule has 0 aliphatic heterocycles. The Morgan fingerprint density at radius 3 is 1.97 bits per heavy atom. The number of para-hydroxylation sites is 1. The number of carbonyl (C=O) groups is 2. The molecule has 0 unspecified atom stereocenters. The maximum Gasteiger partial charge on any atom is 0.254 e. The van der Waals surface area contributed by atoms with Crippen molar-refractivity contribution in [1.82, 2.24) is 5.32 Å². The molecule has 0 atom stereocenters. The molecule has 0 saturated heterocycles. The molecule has 0 bridgehead atoms. The summed E-state index contributed by atoms with van der Waals surface area (Å²) in [6.07, 6.45) is 1.51. The highest BCUT2D eigenvalue weighted by Crippen LogP contribution is 2.28. The number of nitrogens with one attached hydrogen (secondary N) is 3. The van der Waals surface area contributed by atoms with Crippen LogP contribution in [0.15, 0.2) is 78.9 Å². The molecule has 0 spiro atoms. The number of carbonyl (C=O) groups excluding carboxylic acids is 2. The standard InChI is InChI=1S/C24H25N3O2.C2H6/c1-2-16-25-23-20(14-9-15-21(23)26-17-28)24(29)27-22(18-10-5-3-6-11-18)19-12-7-4-8-13-19;1-2/h3-15,17,22,25H,2,16H2,1H3,(H,26,28)(H,27,29);1-2H3. The molecule has 162 valence electrons. The monoisotopic (exact) mass is 417 g/mol. The van der Waals surface area contributed by atoms with E-state index in [4.69, 9.17) is 0 Å². The number of rotatable bonds is 9. The summed E-state index contributed by atoms with van der Waals surface area (Å²) in [6.45, 7) is 6.74. The second-order valence-electron chi connectivity index (χ2n) is 6.64. The van der Waals surface area contributed by atoms with Gasteiger partial charge in [0.15, 0.2) is 0 Å². The molecule has 2 amide bonds. The van der Waals surface area contributed by atoms with Crippen LogP contribution in [0.25, 0.3) is 0 Å². The van der Waals surface area contributed by atoms with Crippen LogP contribution >= 0.6 is 0 Å². The maximum atomic E-state index is 13.3. The first-order chi connectivity index (χ1) is 15.2. The Hall–Kier alpha value is -3.60. The second kappa shape index (κ2) is 12.9. The average Bonchev–Trinajstić information content (AvgIpc) is 2.84. The van der Waals surface area contributed by atoms with Gasteiger partial charge < -0.3 is 16.0 Å². The van der Waals surface area contributed by atoms with Gasteiger partial charge in [-0.25, -0.2) is 0 Å². The summed E-state index contributed by atoms with van der Waals surface area (Å²) < 4.78 is 0. The molecule has 0 radical (unpaired) electrons. The van der Waals surface area contributed by atoms with Crippen molar-refractivity contribution < 1.29 is 9.59 Å². The smallest absolute Gasteiger partial charge is 0.254 e. The normalized spacial score (nSPS) is 9.94. The Bertz CT molecular complexity index is 904. The molecule has 0 aliphatic rings. The van der Waals surface area contributed by atoms with E-state index in [1.165, 1.54) is 0 Å². The van der Waals surface area contributed by atoms with Crippen LogP contribution in [0.2, 0.25) is 0 Å². The zero-order valence-electron chi connectivity index (χ0n) is 18.4. The van der Waals surface area contributed by atoms with Crippen molar-refractivity contribution in [1.29, 1.82) is 0 Å². The van der Waals surface area contributed by atoms with Crippen LogP contribution in [0, 0.1) is 0 Å². The first-order valence-corrected chi connectivity index (χ1v) is 10.7. The molecule has 31 heavy (non-hydrogen) atoms. The van der Waals surface area contributed by atoms with Crippen LogP contribution in [0.4, 0.5) is 11.4 Å². The summed E-state index contributed by atoms with van der Waals surface area (Å²) in [5.41, 5.74) is 3.69. The minimum Gasteiger partial charge on any atom is -0.383 e. The molecule has 3 aromatic rings. The van der Waals surface area contributed by atoms with Gasteiger partial charge in [-0.1, -0.05) is 87.5 Å². The van der Waals surface area contributed by atoms with E-state index < -0.39 is 0 Å². The summed E-state index contributed by atoms with van der Waals surface area (Å²) in [7, 11) is 0. The molecule has 5 nitrogen and oxygen atoms in total. The summed E-state index contributed by atoms with van der Waals surface area (Å²) in [5, 5.41) is 9.10. The highest BCUT2D eigenvalue weighted by Gasteiger charge is 2.20. The van der Waals surface area contributed by atoms with Crippen LogP contribution < -0.4 is 16.0 Å². The highest BCUT2D eigenvalue weighted by molar-refractivity contribution is 6.03. The molecule has 3 aromatic carbocycles. The largest absolute Gasteiger partial charge is 0.383 e. The second-order valence-corrected chi connectivity index (χ2v) is 6.64. The highest BCUT2D eigenvalue weighted by atomic mass is 16.1. The number of anilines is 2. The van der Waals surface area contributed by atoms with Gasteiger partial charge in [-0.2, -0.15) is 0 Å². The van der Waals surface area contributed by atoms with Crippen LogP contribution in [0.3, 0.4) is 0 Å². The molecule has 0 saturated carbocycles. The molecule has 5 heteroatoms.